The molecule has 1 aromatic carbocycles. The molecule has 0 fully saturated rings. The highest BCUT2D eigenvalue weighted by Gasteiger charge is 2.14. The van der Waals surface area contributed by atoms with E-state index in [1.807, 2.05) is 67.7 Å². The van der Waals surface area contributed by atoms with Crippen LogP contribution in [0, 0.1) is 6.92 Å². The summed E-state index contributed by atoms with van der Waals surface area (Å²) in [6, 6.07) is 13.9. The van der Waals surface area contributed by atoms with E-state index in [4.69, 9.17) is 0 Å². The van der Waals surface area contributed by atoms with E-state index in [0.29, 0.717) is 6.54 Å². The average molecular weight is 461 g/mol. The minimum Gasteiger partial charge on any atom is -0.355 e. The first-order valence-corrected chi connectivity index (χ1v) is 10.4. The summed E-state index contributed by atoms with van der Waals surface area (Å²) in [6.07, 6.45) is 9.61. The second kappa shape index (κ2) is 9.05. The maximum Gasteiger partial charge on any atom is 0.224 e. The van der Waals surface area contributed by atoms with Gasteiger partial charge in [-0.3, -0.25) is 14.8 Å². The Morgan fingerprint density at radius 3 is 2.83 bits per heavy atom. The number of carbonyl (C=O) groups excluding carboxylic acids is 1. The predicted molar refractivity (Wildman–Crippen MR) is 124 cm³/mol. The molecule has 30 heavy (non-hydrogen) atoms. The molecule has 0 saturated heterocycles. The number of aryl methyl sites for hydroxylation is 1. The molecule has 0 radical (unpaired) electrons. The van der Waals surface area contributed by atoms with Crippen molar-refractivity contribution in [1.82, 2.24) is 20.3 Å². The Hall–Kier alpha value is -3.25. The number of halogens is 1. The molecule has 0 aliphatic rings. The van der Waals surface area contributed by atoms with Crippen LogP contribution >= 0.6 is 15.9 Å². The molecule has 5 nitrogen and oxygen atoms in total. The Bertz CT molecular complexity index is 1200. The van der Waals surface area contributed by atoms with Gasteiger partial charge in [-0.2, -0.15) is 0 Å². The number of nitrogens with one attached hydrogen (secondary N) is 2. The van der Waals surface area contributed by atoms with Crippen LogP contribution in [0.15, 0.2) is 65.5 Å². The van der Waals surface area contributed by atoms with Crippen LogP contribution in [-0.2, 0) is 17.8 Å². The van der Waals surface area contributed by atoms with Crippen molar-refractivity contribution in [2.24, 2.45) is 0 Å². The van der Waals surface area contributed by atoms with Crippen molar-refractivity contribution in [1.29, 1.82) is 0 Å². The number of rotatable bonds is 6. The number of hydrogen-bond acceptors (Lipinski definition) is 3. The standard InChI is InChI=1S/C24H21BrN4O/c1-16-4-5-17(14-27-16)6-9-22-21(20-8-7-19(25)11-23(20)29-22)12-24(30)28-15-18-3-2-10-26-13-18/h2-11,13-14,29H,12,15H2,1H3,(H,28,30)/b9-6+. The van der Waals surface area contributed by atoms with Crippen molar-refractivity contribution < 1.29 is 4.79 Å². The van der Waals surface area contributed by atoms with Gasteiger partial charge in [-0.05, 0) is 54.0 Å². The fourth-order valence-corrected chi connectivity index (χ4v) is 3.63. The first kappa shape index (κ1) is 20.0. The van der Waals surface area contributed by atoms with Crippen molar-refractivity contribution in [3.63, 3.8) is 0 Å². The summed E-state index contributed by atoms with van der Waals surface area (Å²) in [6.45, 7) is 2.42. The molecule has 4 rings (SSSR count). The Kier molecular flexibility index (Phi) is 6.05. The van der Waals surface area contributed by atoms with Gasteiger partial charge in [0.15, 0.2) is 0 Å². The van der Waals surface area contributed by atoms with E-state index in [2.05, 4.69) is 36.2 Å². The van der Waals surface area contributed by atoms with Crippen molar-refractivity contribution in [2.45, 2.75) is 19.9 Å². The largest absolute Gasteiger partial charge is 0.355 e. The van der Waals surface area contributed by atoms with Gasteiger partial charge in [-0.15, -0.1) is 0 Å². The van der Waals surface area contributed by atoms with Crippen LogP contribution in [0.2, 0.25) is 0 Å². The molecule has 4 aromatic rings. The van der Waals surface area contributed by atoms with Crippen LogP contribution < -0.4 is 5.32 Å². The zero-order chi connectivity index (χ0) is 20.9. The zero-order valence-electron chi connectivity index (χ0n) is 16.5. The lowest BCUT2D eigenvalue weighted by Crippen LogP contribution is -2.24. The summed E-state index contributed by atoms with van der Waals surface area (Å²) in [5.74, 6) is -0.0330. The molecule has 0 spiro atoms. The van der Waals surface area contributed by atoms with Crippen LogP contribution in [0.3, 0.4) is 0 Å². The lowest BCUT2D eigenvalue weighted by atomic mass is 10.1. The highest BCUT2D eigenvalue weighted by Crippen LogP contribution is 2.27. The van der Waals surface area contributed by atoms with E-state index in [1.165, 1.54) is 0 Å². The fraction of sp³-hybridized carbons (Fsp3) is 0.125. The Labute approximate surface area is 183 Å². The number of H-pyrrole nitrogens is 1. The summed E-state index contributed by atoms with van der Waals surface area (Å²) >= 11 is 3.52. The van der Waals surface area contributed by atoms with Crippen molar-refractivity contribution >= 4 is 44.9 Å². The molecule has 0 unspecified atom stereocenters. The monoisotopic (exact) mass is 460 g/mol. The van der Waals surface area contributed by atoms with E-state index in [0.717, 1.165) is 43.5 Å². The van der Waals surface area contributed by atoms with Crippen LogP contribution in [0.5, 0.6) is 0 Å². The van der Waals surface area contributed by atoms with Crippen LogP contribution in [0.4, 0.5) is 0 Å². The lowest BCUT2D eigenvalue weighted by Gasteiger charge is -2.06. The highest BCUT2D eigenvalue weighted by atomic mass is 79.9. The number of aromatic nitrogens is 3. The van der Waals surface area contributed by atoms with Crippen LogP contribution in [0.25, 0.3) is 23.1 Å². The Morgan fingerprint density at radius 1 is 1.17 bits per heavy atom. The number of amides is 1. The molecule has 3 heterocycles. The van der Waals surface area contributed by atoms with Gasteiger partial charge in [-0.25, -0.2) is 0 Å². The molecular formula is C24H21BrN4O. The molecule has 0 saturated carbocycles. The third-order valence-corrected chi connectivity index (χ3v) is 5.32. The molecule has 1 amide bonds. The number of aromatic amines is 1. The van der Waals surface area contributed by atoms with Gasteiger partial charge in [0.1, 0.15) is 0 Å². The molecule has 6 heteroatoms. The van der Waals surface area contributed by atoms with Crippen LogP contribution in [-0.4, -0.2) is 20.9 Å². The number of benzene rings is 1. The maximum atomic E-state index is 12.7. The second-order valence-corrected chi connectivity index (χ2v) is 8.00. The maximum absolute atomic E-state index is 12.7. The van der Waals surface area contributed by atoms with E-state index in [1.54, 1.807) is 12.4 Å². The van der Waals surface area contributed by atoms with Crippen molar-refractivity contribution in [2.75, 3.05) is 0 Å². The summed E-state index contributed by atoms with van der Waals surface area (Å²) in [4.78, 5) is 24.5. The SMILES string of the molecule is Cc1ccc(/C=C/c2[nH]c3cc(Br)ccc3c2CC(=O)NCc2cccnc2)cn1. The number of pyridine rings is 2. The first-order valence-electron chi connectivity index (χ1n) is 9.65. The van der Waals surface area contributed by atoms with Gasteiger partial charge in [0.2, 0.25) is 5.91 Å². The highest BCUT2D eigenvalue weighted by molar-refractivity contribution is 9.10. The van der Waals surface area contributed by atoms with E-state index >= 15 is 0 Å². The van der Waals surface area contributed by atoms with Gasteiger partial charge in [-0.1, -0.05) is 40.2 Å². The summed E-state index contributed by atoms with van der Waals surface area (Å²) in [5, 5.41) is 4.02. The average Bonchev–Trinajstić information content (AvgIpc) is 3.09. The Morgan fingerprint density at radius 2 is 2.07 bits per heavy atom. The van der Waals surface area contributed by atoms with E-state index in [-0.39, 0.29) is 12.3 Å². The molecule has 0 bridgehead atoms. The minimum atomic E-state index is -0.0330. The Balaban J connectivity index is 1.59. The first-order chi connectivity index (χ1) is 14.6. The van der Waals surface area contributed by atoms with Crippen molar-refractivity contribution in [3.05, 3.63) is 93.6 Å². The molecular weight excluding hydrogens is 440 g/mol. The van der Waals surface area contributed by atoms with Gasteiger partial charge >= 0.3 is 0 Å². The zero-order valence-corrected chi connectivity index (χ0v) is 18.1. The van der Waals surface area contributed by atoms with Gasteiger partial charge in [0, 0.05) is 51.9 Å². The van der Waals surface area contributed by atoms with Crippen LogP contribution in [0.1, 0.15) is 28.1 Å². The number of fused-ring (bicyclic) bond motifs is 1. The minimum absolute atomic E-state index is 0.0330. The summed E-state index contributed by atoms with van der Waals surface area (Å²) in [7, 11) is 0. The summed E-state index contributed by atoms with van der Waals surface area (Å²) in [5.41, 5.74) is 5.83. The van der Waals surface area contributed by atoms with Crippen molar-refractivity contribution in [3.8, 4) is 0 Å². The van der Waals surface area contributed by atoms with Gasteiger partial charge in [0.25, 0.3) is 0 Å². The molecule has 2 N–H and O–H groups in total. The third-order valence-electron chi connectivity index (χ3n) is 4.83. The topological polar surface area (TPSA) is 70.7 Å². The molecule has 0 atom stereocenters. The van der Waals surface area contributed by atoms with E-state index < -0.39 is 0 Å². The fourth-order valence-electron chi connectivity index (χ4n) is 3.27. The molecule has 150 valence electrons. The summed E-state index contributed by atoms with van der Waals surface area (Å²) < 4.78 is 0.988. The number of hydrogen-bond donors (Lipinski definition) is 2. The number of carbonyl (C=O) groups is 1. The predicted octanol–water partition coefficient (Wildman–Crippen LogP) is 5.06. The van der Waals surface area contributed by atoms with Gasteiger partial charge < -0.3 is 10.3 Å². The molecule has 0 aliphatic heterocycles. The quantitative estimate of drug-likeness (QED) is 0.422. The third kappa shape index (κ3) is 4.83. The van der Waals surface area contributed by atoms with Gasteiger partial charge in [0.05, 0.1) is 6.42 Å². The lowest BCUT2D eigenvalue weighted by molar-refractivity contribution is -0.120. The smallest absolute Gasteiger partial charge is 0.224 e. The molecule has 3 aromatic heterocycles. The van der Waals surface area contributed by atoms with E-state index in [9.17, 15) is 4.79 Å². The second-order valence-electron chi connectivity index (χ2n) is 7.09. The number of nitrogens with zero attached hydrogens (tertiary/aromatic N) is 2. The molecule has 0 aliphatic carbocycles. The normalized spacial score (nSPS) is 11.3.